The van der Waals surface area contributed by atoms with E-state index in [9.17, 15) is 15.0 Å². The van der Waals surface area contributed by atoms with Crippen molar-refractivity contribution in [2.24, 2.45) is 5.92 Å². The average Bonchev–Trinajstić information content (AvgIpc) is 2.93. The van der Waals surface area contributed by atoms with Crippen LogP contribution in [0.2, 0.25) is 0 Å². The third-order valence-electron chi connectivity index (χ3n) is 5.83. The number of allylic oxidation sites excluding steroid dienone is 1. The monoisotopic (exact) mass is 326 g/mol. The van der Waals surface area contributed by atoms with E-state index in [4.69, 9.17) is 0 Å². The van der Waals surface area contributed by atoms with Crippen LogP contribution < -0.4 is 0 Å². The number of aliphatic carboxylic acids is 1. The maximum Gasteiger partial charge on any atom is 0.318 e. The molecule has 0 amide bonds. The van der Waals surface area contributed by atoms with Gasteiger partial charge in [-0.05, 0) is 31.5 Å². The molecule has 5 heteroatoms. The molecule has 1 unspecified atom stereocenters. The summed E-state index contributed by atoms with van der Waals surface area (Å²) in [5, 5.41) is 21.5. The Morgan fingerprint density at radius 3 is 2.92 bits per heavy atom. The van der Waals surface area contributed by atoms with Gasteiger partial charge >= 0.3 is 5.97 Å². The summed E-state index contributed by atoms with van der Waals surface area (Å²) in [6.45, 7) is 3.90. The molecular formula is C19H22N2O3. The van der Waals surface area contributed by atoms with Crippen LogP contribution in [-0.2, 0) is 16.8 Å². The SMILES string of the molecule is C/C=C1/CN2CC[C@@H]1[C@](CO)(C(=O)O)c1[nH]c3ccccc3c1C2. The molecule has 4 heterocycles. The van der Waals surface area contributed by atoms with E-state index in [0.29, 0.717) is 12.2 Å². The number of piperidine rings is 1. The minimum atomic E-state index is -1.30. The first-order chi connectivity index (χ1) is 11.6. The number of aliphatic hydroxyl groups excluding tert-OH is 1. The van der Waals surface area contributed by atoms with Crippen LogP contribution in [0.1, 0.15) is 24.6 Å². The summed E-state index contributed by atoms with van der Waals surface area (Å²) >= 11 is 0. The van der Waals surface area contributed by atoms with E-state index < -0.39 is 18.0 Å². The number of hydrogen-bond donors (Lipinski definition) is 3. The predicted octanol–water partition coefficient (Wildman–Crippen LogP) is 2.26. The van der Waals surface area contributed by atoms with Gasteiger partial charge in [0.15, 0.2) is 0 Å². The molecule has 5 rings (SSSR count). The van der Waals surface area contributed by atoms with Crippen LogP contribution in [0.25, 0.3) is 10.9 Å². The highest BCUT2D eigenvalue weighted by atomic mass is 16.4. The molecule has 3 aliphatic heterocycles. The second-order valence-corrected chi connectivity index (χ2v) is 6.87. The molecule has 3 atom stereocenters. The van der Waals surface area contributed by atoms with Gasteiger partial charge in [-0.2, -0.15) is 0 Å². The van der Waals surface area contributed by atoms with Gasteiger partial charge in [0.2, 0.25) is 0 Å². The van der Waals surface area contributed by atoms with Crippen molar-refractivity contribution in [1.82, 2.24) is 9.88 Å². The van der Waals surface area contributed by atoms with E-state index in [1.807, 2.05) is 37.3 Å². The van der Waals surface area contributed by atoms with Crippen LogP contribution in [0.15, 0.2) is 35.9 Å². The van der Waals surface area contributed by atoms with Crippen LogP contribution in [0.5, 0.6) is 0 Å². The van der Waals surface area contributed by atoms with E-state index in [1.165, 1.54) is 0 Å². The van der Waals surface area contributed by atoms with Gasteiger partial charge in [0, 0.05) is 35.6 Å². The van der Waals surface area contributed by atoms with Crippen LogP contribution in [-0.4, -0.2) is 45.8 Å². The fourth-order valence-corrected chi connectivity index (χ4v) is 4.59. The van der Waals surface area contributed by atoms with Crippen molar-refractivity contribution in [1.29, 1.82) is 0 Å². The standard InChI is InChI=1S/C19H22N2O3/c1-2-12-9-21-8-7-15(12)19(11-22,18(23)24)17-14(10-21)13-5-3-4-6-16(13)20-17/h2-6,15,20,22H,7-11H2,1H3,(H,23,24)/b12-2-/t15-,19-/m0/s1. The fraction of sp³-hybridized carbons (Fsp3) is 0.421. The lowest BCUT2D eigenvalue weighted by molar-refractivity contribution is -0.149. The quantitative estimate of drug-likeness (QED) is 0.740. The zero-order valence-electron chi connectivity index (χ0n) is 13.7. The molecule has 24 heavy (non-hydrogen) atoms. The molecule has 1 aromatic heterocycles. The maximum atomic E-state index is 12.4. The van der Waals surface area contributed by atoms with Gasteiger partial charge in [0.05, 0.1) is 6.61 Å². The summed E-state index contributed by atoms with van der Waals surface area (Å²) in [4.78, 5) is 18.2. The number of hydrogen-bond acceptors (Lipinski definition) is 3. The van der Waals surface area contributed by atoms with E-state index in [0.717, 1.165) is 41.5 Å². The topological polar surface area (TPSA) is 76.6 Å². The van der Waals surface area contributed by atoms with Crippen molar-refractivity contribution in [3.63, 3.8) is 0 Å². The molecule has 1 aromatic carbocycles. The Kier molecular flexibility index (Phi) is 3.51. The van der Waals surface area contributed by atoms with Gasteiger partial charge in [-0.15, -0.1) is 0 Å². The van der Waals surface area contributed by atoms with E-state index in [-0.39, 0.29) is 5.92 Å². The molecule has 5 nitrogen and oxygen atoms in total. The Balaban J connectivity index is 2.07. The molecule has 0 spiro atoms. The minimum Gasteiger partial charge on any atom is -0.480 e. The number of fused-ring (bicyclic) bond motifs is 3. The second kappa shape index (κ2) is 5.46. The first kappa shape index (κ1) is 15.4. The lowest BCUT2D eigenvalue weighted by atomic mass is 9.65. The van der Waals surface area contributed by atoms with Crippen LogP contribution in [0.4, 0.5) is 0 Å². The van der Waals surface area contributed by atoms with Gasteiger partial charge in [0.25, 0.3) is 0 Å². The van der Waals surface area contributed by atoms with Gasteiger partial charge in [-0.25, -0.2) is 0 Å². The zero-order chi connectivity index (χ0) is 16.9. The molecule has 1 fully saturated rings. The van der Waals surface area contributed by atoms with Crippen LogP contribution in [0.3, 0.4) is 0 Å². The number of aliphatic hydroxyl groups is 1. The first-order valence-corrected chi connectivity index (χ1v) is 8.43. The number of carbonyl (C=O) groups is 1. The van der Waals surface area contributed by atoms with E-state index in [2.05, 4.69) is 9.88 Å². The molecule has 3 aliphatic rings. The number of carboxylic acids is 1. The van der Waals surface area contributed by atoms with Gasteiger partial charge in [0.1, 0.15) is 5.41 Å². The Morgan fingerprint density at radius 2 is 2.21 bits per heavy atom. The summed E-state index contributed by atoms with van der Waals surface area (Å²) in [5.74, 6) is -1.13. The molecule has 0 saturated carbocycles. The van der Waals surface area contributed by atoms with E-state index in [1.54, 1.807) is 0 Å². The molecule has 126 valence electrons. The molecular weight excluding hydrogens is 304 g/mol. The number of nitrogens with one attached hydrogen (secondary N) is 1. The number of para-hydroxylation sites is 1. The van der Waals surface area contributed by atoms with Gasteiger partial charge in [-0.1, -0.05) is 29.8 Å². The lowest BCUT2D eigenvalue weighted by Crippen LogP contribution is -2.54. The third kappa shape index (κ3) is 1.91. The second-order valence-electron chi connectivity index (χ2n) is 6.87. The minimum absolute atomic E-state index is 0.187. The van der Waals surface area contributed by atoms with Crippen molar-refractivity contribution in [2.45, 2.75) is 25.3 Å². The Hall–Kier alpha value is -2.11. The Morgan fingerprint density at radius 1 is 1.42 bits per heavy atom. The van der Waals surface area contributed by atoms with Crippen molar-refractivity contribution in [2.75, 3.05) is 19.7 Å². The highest BCUT2D eigenvalue weighted by molar-refractivity contribution is 5.90. The molecule has 2 bridgehead atoms. The number of aromatic amines is 1. The smallest absolute Gasteiger partial charge is 0.318 e. The third-order valence-corrected chi connectivity index (χ3v) is 5.83. The summed E-state index contributed by atoms with van der Waals surface area (Å²) < 4.78 is 0. The maximum absolute atomic E-state index is 12.4. The molecule has 1 saturated heterocycles. The summed E-state index contributed by atoms with van der Waals surface area (Å²) in [7, 11) is 0. The average molecular weight is 326 g/mol. The van der Waals surface area contributed by atoms with Crippen molar-refractivity contribution >= 4 is 16.9 Å². The summed E-state index contributed by atoms with van der Waals surface area (Å²) in [6, 6.07) is 7.92. The highest BCUT2D eigenvalue weighted by Gasteiger charge is 2.53. The van der Waals surface area contributed by atoms with Crippen LogP contribution >= 0.6 is 0 Å². The molecule has 0 radical (unpaired) electrons. The molecule has 2 aromatic rings. The van der Waals surface area contributed by atoms with Gasteiger partial charge < -0.3 is 15.2 Å². The van der Waals surface area contributed by atoms with Crippen LogP contribution in [0, 0.1) is 5.92 Å². The lowest BCUT2D eigenvalue weighted by Gasteiger charge is -2.45. The molecule has 3 N–H and O–H groups in total. The summed E-state index contributed by atoms with van der Waals surface area (Å²) in [5.41, 5.74) is 2.44. The van der Waals surface area contributed by atoms with Crippen molar-refractivity contribution in [3.8, 4) is 0 Å². The number of aromatic nitrogens is 1. The van der Waals surface area contributed by atoms with Crippen molar-refractivity contribution < 1.29 is 15.0 Å². The number of carboxylic acid groups (broad SMARTS) is 1. The normalized spacial score (nSPS) is 31.0. The Labute approximate surface area is 140 Å². The Bertz CT molecular complexity index is 838. The number of rotatable bonds is 2. The first-order valence-electron chi connectivity index (χ1n) is 8.43. The predicted molar refractivity (Wildman–Crippen MR) is 91.8 cm³/mol. The largest absolute Gasteiger partial charge is 0.480 e. The summed E-state index contributed by atoms with van der Waals surface area (Å²) in [6.07, 6.45) is 2.78. The molecule has 0 aliphatic carbocycles. The highest BCUT2D eigenvalue weighted by Crippen LogP contribution is 2.46. The number of nitrogens with zero attached hydrogens (tertiary/aromatic N) is 1. The number of benzene rings is 1. The van der Waals surface area contributed by atoms with Crippen molar-refractivity contribution in [3.05, 3.63) is 47.2 Å². The van der Waals surface area contributed by atoms with E-state index >= 15 is 0 Å². The number of H-pyrrole nitrogens is 1. The fourth-order valence-electron chi connectivity index (χ4n) is 4.59. The zero-order valence-corrected chi connectivity index (χ0v) is 13.7. The van der Waals surface area contributed by atoms with Gasteiger partial charge in [-0.3, -0.25) is 9.69 Å².